The van der Waals surface area contributed by atoms with E-state index in [9.17, 15) is 4.79 Å². The van der Waals surface area contributed by atoms with Gasteiger partial charge >= 0.3 is 5.97 Å². The third kappa shape index (κ3) is 3.35. The van der Waals surface area contributed by atoms with Gasteiger partial charge in [-0.15, -0.1) is 0 Å². The third-order valence-corrected chi connectivity index (χ3v) is 4.18. The lowest BCUT2D eigenvalue weighted by molar-refractivity contribution is 0.0696. The molecule has 1 saturated heterocycles. The molecule has 0 aliphatic carbocycles. The van der Waals surface area contributed by atoms with E-state index in [0.717, 1.165) is 12.1 Å². The lowest BCUT2D eigenvalue weighted by Gasteiger charge is -2.35. The van der Waals surface area contributed by atoms with Gasteiger partial charge in [0.05, 0.1) is 5.56 Å². The highest BCUT2D eigenvalue weighted by Crippen LogP contribution is 2.23. The zero-order valence-electron chi connectivity index (χ0n) is 11.9. The van der Waals surface area contributed by atoms with Crippen LogP contribution in [0.4, 0.5) is 0 Å². The van der Waals surface area contributed by atoms with Crippen molar-refractivity contribution < 1.29 is 9.90 Å². The number of hydrogen-bond acceptors (Lipinski definition) is 2. The average Bonchev–Trinajstić information content (AvgIpc) is 2.41. The van der Waals surface area contributed by atoms with Crippen molar-refractivity contribution in [3.63, 3.8) is 0 Å². The lowest BCUT2D eigenvalue weighted by Crippen LogP contribution is -2.38. The van der Waals surface area contributed by atoms with Crippen molar-refractivity contribution in [3.8, 4) is 0 Å². The molecule has 0 spiro atoms. The highest BCUT2D eigenvalue weighted by molar-refractivity contribution is 5.87. The summed E-state index contributed by atoms with van der Waals surface area (Å²) in [6, 6.07) is 6.16. The molecule has 1 heterocycles. The van der Waals surface area contributed by atoms with Crippen LogP contribution in [-0.2, 0) is 6.54 Å². The molecule has 2 rings (SSSR count). The van der Waals surface area contributed by atoms with Gasteiger partial charge in [0.25, 0.3) is 0 Å². The van der Waals surface area contributed by atoms with E-state index < -0.39 is 5.97 Å². The summed E-state index contributed by atoms with van der Waals surface area (Å²) < 4.78 is 0. The molecule has 3 nitrogen and oxygen atoms in total. The van der Waals surface area contributed by atoms with Crippen LogP contribution in [0.25, 0.3) is 0 Å². The van der Waals surface area contributed by atoms with Crippen LogP contribution in [-0.4, -0.2) is 28.6 Å². The Bertz CT molecular complexity index is 456. The Morgan fingerprint density at radius 2 is 2.21 bits per heavy atom. The van der Waals surface area contributed by atoms with Gasteiger partial charge in [0.2, 0.25) is 0 Å². The normalized spacial score (nSPS) is 20.4. The molecule has 0 amide bonds. The summed E-state index contributed by atoms with van der Waals surface area (Å²) in [6.07, 6.45) is 5.11. The summed E-state index contributed by atoms with van der Waals surface area (Å²) >= 11 is 0. The van der Waals surface area contributed by atoms with Gasteiger partial charge in [-0.3, -0.25) is 4.90 Å². The Labute approximate surface area is 115 Å². The van der Waals surface area contributed by atoms with E-state index in [2.05, 4.69) is 11.8 Å². The van der Waals surface area contributed by atoms with Crippen molar-refractivity contribution in [2.75, 3.05) is 6.54 Å². The molecule has 0 bridgehead atoms. The van der Waals surface area contributed by atoms with Crippen LogP contribution in [0.2, 0.25) is 0 Å². The van der Waals surface area contributed by atoms with Gasteiger partial charge < -0.3 is 5.11 Å². The molecule has 1 fully saturated rings. The average molecular weight is 261 g/mol. The van der Waals surface area contributed by atoms with Crippen LogP contribution < -0.4 is 0 Å². The molecule has 1 N–H and O–H groups in total. The zero-order valence-corrected chi connectivity index (χ0v) is 11.9. The Morgan fingerprint density at radius 1 is 1.42 bits per heavy atom. The van der Waals surface area contributed by atoms with Gasteiger partial charge in [-0.05, 0) is 56.0 Å². The standard InChI is InChI=1S/C16H23NO2/c1-3-15-6-4-5-9-17(15)11-14-8-7-13(16(18)19)10-12(14)2/h7-8,10,15H,3-6,9,11H2,1-2H3,(H,18,19). The van der Waals surface area contributed by atoms with Crippen LogP contribution in [0, 0.1) is 6.92 Å². The Balaban J connectivity index is 2.11. The fourth-order valence-electron chi connectivity index (χ4n) is 2.96. The van der Waals surface area contributed by atoms with Gasteiger partial charge in [0.1, 0.15) is 0 Å². The van der Waals surface area contributed by atoms with Gasteiger partial charge in [-0.2, -0.15) is 0 Å². The van der Waals surface area contributed by atoms with Crippen molar-refractivity contribution >= 4 is 5.97 Å². The van der Waals surface area contributed by atoms with E-state index >= 15 is 0 Å². The molecule has 1 aromatic rings. The van der Waals surface area contributed by atoms with Gasteiger partial charge in [-0.25, -0.2) is 4.79 Å². The number of carbonyl (C=O) groups is 1. The first-order valence-corrected chi connectivity index (χ1v) is 7.18. The second-order valence-corrected chi connectivity index (χ2v) is 5.47. The number of rotatable bonds is 4. The summed E-state index contributed by atoms with van der Waals surface area (Å²) in [5.74, 6) is -0.848. The fraction of sp³-hybridized carbons (Fsp3) is 0.562. The van der Waals surface area contributed by atoms with E-state index in [1.54, 1.807) is 12.1 Å². The second kappa shape index (κ2) is 6.20. The quantitative estimate of drug-likeness (QED) is 0.902. The number of carboxylic acids is 1. The molecule has 1 unspecified atom stereocenters. The first-order valence-electron chi connectivity index (χ1n) is 7.18. The number of aromatic carboxylic acids is 1. The first kappa shape index (κ1) is 14.1. The fourth-order valence-corrected chi connectivity index (χ4v) is 2.96. The minimum atomic E-state index is -0.848. The van der Waals surface area contributed by atoms with Crippen molar-refractivity contribution in [3.05, 3.63) is 34.9 Å². The van der Waals surface area contributed by atoms with Gasteiger partial charge in [-0.1, -0.05) is 19.4 Å². The molecule has 0 saturated carbocycles. The maximum absolute atomic E-state index is 10.9. The molecular formula is C16H23NO2. The lowest BCUT2D eigenvalue weighted by atomic mass is 9.98. The number of likely N-dealkylation sites (tertiary alicyclic amines) is 1. The molecule has 1 aliphatic rings. The van der Waals surface area contributed by atoms with Crippen molar-refractivity contribution in [1.82, 2.24) is 4.90 Å². The molecule has 1 atom stereocenters. The van der Waals surface area contributed by atoms with Crippen LogP contribution in [0.1, 0.15) is 54.1 Å². The van der Waals surface area contributed by atoms with Crippen LogP contribution in [0.5, 0.6) is 0 Å². The molecule has 3 heteroatoms. The van der Waals surface area contributed by atoms with E-state index in [1.165, 1.54) is 37.8 Å². The SMILES string of the molecule is CCC1CCCCN1Cc1ccc(C(=O)O)cc1C. The Kier molecular flexibility index (Phi) is 4.59. The first-order chi connectivity index (χ1) is 9.11. The maximum atomic E-state index is 10.9. The number of benzene rings is 1. The van der Waals surface area contributed by atoms with Crippen molar-refractivity contribution in [2.24, 2.45) is 0 Å². The number of hydrogen-bond donors (Lipinski definition) is 1. The highest BCUT2D eigenvalue weighted by atomic mass is 16.4. The van der Waals surface area contributed by atoms with Gasteiger partial charge in [0, 0.05) is 12.6 Å². The number of nitrogens with zero attached hydrogens (tertiary/aromatic N) is 1. The number of piperidine rings is 1. The van der Waals surface area contributed by atoms with Crippen molar-refractivity contribution in [2.45, 2.75) is 52.1 Å². The van der Waals surface area contributed by atoms with Crippen LogP contribution in [0.15, 0.2) is 18.2 Å². The predicted octanol–water partition coefficient (Wildman–Crippen LogP) is 3.46. The van der Waals surface area contributed by atoms with E-state index in [1.807, 2.05) is 13.0 Å². The summed E-state index contributed by atoms with van der Waals surface area (Å²) in [7, 11) is 0. The summed E-state index contributed by atoms with van der Waals surface area (Å²) in [6.45, 7) is 6.37. The summed E-state index contributed by atoms with van der Waals surface area (Å²) in [5.41, 5.74) is 2.72. The predicted molar refractivity (Wildman–Crippen MR) is 76.5 cm³/mol. The number of aryl methyl sites for hydroxylation is 1. The zero-order chi connectivity index (χ0) is 13.8. The van der Waals surface area contributed by atoms with Gasteiger partial charge in [0.15, 0.2) is 0 Å². The third-order valence-electron chi connectivity index (χ3n) is 4.18. The van der Waals surface area contributed by atoms with Crippen LogP contribution in [0.3, 0.4) is 0 Å². The topological polar surface area (TPSA) is 40.5 Å². The molecule has 0 aromatic heterocycles. The van der Waals surface area contributed by atoms with E-state index in [-0.39, 0.29) is 0 Å². The highest BCUT2D eigenvalue weighted by Gasteiger charge is 2.21. The molecule has 1 aromatic carbocycles. The molecular weight excluding hydrogens is 238 g/mol. The summed E-state index contributed by atoms with van der Waals surface area (Å²) in [4.78, 5) is 13.5. The largest absolute Gasteiger partial charge is 0.478 e. The molecule has 19 heavy (non-hydrogen) atoms. The molecule has 1 aliphatic heterocycles. The summed E-state index contributed by atoms with van der Waals surface area (Å²) in [5, 5.41) is 8.99. The van der Waals surface area contributed by atoms with Crippen LogP contribution >= 0.6 is 0 Å². The number of carboxylic acid groups (broad SMARTS) is 1. The Morgan fingerprint density at radius 3 is 2.84 bits per heavy atom. The van der Waals surface area contributed by atoms with E-state index in [0.29, 0.717) is 11.6 Å². The molecule has 0 radical (unpaired) electrons. The second-order valence-electron chi connectivity index (χ2n) is 5.47. The molecule has 104 valence electrons. The smallest absolute Gasteiger partial charge is 0.335 e. The minimum absolute atomic E-state index is 0.381. The Hall–Kier alpha value is -1.35. The van der Waals surface area contributed by atoms with Crippen molar-refractivity contribution in [1.29, 1.82) is 0 Å². The minimum Gasteiger partial charge on any atom is -0.478 e. The monoisotopic (exact) mass is 261 g/mol. The van der Waals surface area contributed by atoms with E-state index in [4.69, 9.17) is 5.11 Å². The maximum Gasteiger partial charge on any atom is 0.335 e.